The molecular weight excluding hydrogens is 407 g/mol. The van der Waals surface area contributed by atoms with E-state index in [1.807, 2.05) is 0 Å². The van der Waals surface area contributed by atoms with E-state index in [4.69, 9.17) is 22.3 Å². The number of aliphatic imine (C=N–C) groups is 1. The predicted octanol–water partition coefficient (Wildman–Crippen LogP) is 0.627. The third-order valence-electron chi connectivity index (χ3n) is 4.79. The molecule has 0 radical (unpaired) electrons. The molecule has 1 saturated heterocycles. The number of guanidine groups is 1. The summed E-state index contributed by atoms with van der Waals surface area (Å²) >= 11 is 0. The predicted molar refractivity (Wildman–Crippen MR) is 100 cm³/mol. The maximum atomic E-state index is 13.6. The van der Waals surface area contributed by atoms with E-state index in [-0.39, 0.29) is 37.1 Å². The van der Waals surface area contributed by atoms with Gasteiger partial charge in [0.15, 0.2) is 5.96 Å². The van der Waals surface area contributed by atoms with Gasteiger partial charge in [-0.05, 0) is 36.5 Å². The van der Waals surface area contributed by atoms with Gasteiger partial charge in [0.05, 0.1) is 18.0 Å². The van der Waals surface area contributed by atoms with Gasteiger partial charge in [-0.1, -0.05) is 6.07 Å². The molecule has 1 aromatic rings. The largest absolute Gasteiger partial charge is 0.481 e. The minimum Gasteiger partial charge on any atom is -0.481 e. The number of carboxylic acid groups (broad SMARTS) is 1. The second kappa shape index (κ2) is 9.11. The Hall–Kier alpha value is -3.15. The summed E-state index contributed by atoms with van der Waals surface area (Å²) in [6.07, 6.45) is -4.77. The second-order valence-electron chi connectivity index (χ2n) is 6.95. The Morgan fingerprint density at radius 2 is 1.80 bits per heavy atom. The van der Waals surface area contributed by atoms with E-state index in [1.54, 1.807) is 0 Å². The fourth-order valence-corrected chi connectivity index (χ4v) is 3.39. The number of benzene rings is 1. The number of carboxylic acids is 1. The summed E-state index contributed by atoms with van der Waals surface area (Å²) in [4.78, 5) is 39.4. The standard InChI is InChI=1S/C18H22F3N5O4/c19-18(20,21)12-7-10(15(29)25-17(23)24)1-2-11(12)9-3-5-26(6-4-9)16(30)13(22)8-14(27)28/h1-2,7,9,13H,3-6,8,22H2,(H,27,28)(H4,23,24,25,29). The molecule has 1 aromatic carbocycles. The summed E-state index contributed by atoms with van der Waals surface area (Å²) in [6.45, 7) is 0.283. The zero-order valence-corrected chi connectivity index (χ0v) is 15.9. The molecule has 0 saturated carbocycles. The van der Waals surface area contributed by atoms with Crippen LogP contribution in [0, 0.1) is 0 Å². The number of nitrogens with zero attached hydrogens (tertiary/aromatic N) is 2. The highest BCUT2D eigenvalue weighted by Crippen LogP contribution is 2.39. The van der Waals surface area contributed by atoms with Gasteiger partial charge in [0.1, 0.15) is 0 Å². The number of hydrogen-bond donors (Lipinski definition) is 4. The van der Waals surface area contributed by atoms with Crippen LogP contribution in [-0.4, -0.2) is 52.9 Å². The molecule has 7 N–H and O–H groups in total. The van der Waals surface area contributed by atoms with Crippen molar-refractivity contribution in [1.82, 2.24) is 4.90 Å². The Balaban J connectivity index is 2.20. The van der Waals surface area contributed by atoms with Crippen molar-refractivity contribution in [2.75, 3.05) is 13.1 Å². The average Bonchev–Trinajstić information content (AvgIpc) is 2.65. The minimum atomic E-state index is -4.71. The van der Waals surface area contributed by atoms with Gasteiger partial charge in [-0.3, -0.25) is 14.4 Å². The normalized spacial score (nSPS) is 16.1. The van der Waals surface area contributed by atoms with Crippen LogP contribution in [-0.2, 0) is 15.8 Å². The maximum Gasteiger partial charge on any atom is 0.416 e. The molecule has 1 fully saturated rings. The van der Waals surface area contributed by atoms with Gasteiger partial charge in [0, 0.05) is 18.7 Å². The van der Waals surface area contributed by atoms with E-state index in [1.165, 1.54) is 17.0 Å². The fourth-order valence-electron chi connectivity index (χ4n) is 3.39. The van der Waals surface area contributed by atoms with Crippen molar-refractivity contribution in [2.24, 2.45) is 22.2 Å². The Bertz CT molecular complexity index is 860. The van der Waals surface area contributed by atoms with Gasteiger partial charge in [-0.25, -0.2) is 0 Å². The molecule has 1 atom stereocenters. The van der Waals surface area contributed by atoms with Crippen LogP contribution >= 0.6 is 0 Å². The first kappa shape index (κ1) is 23.1. The molecule has 1 unspecified atom stereocenters. The van der Waals surface area contributed by atoms with Gasteiger partial charge < -0.3 is 27.2 Å². The van der Waals surface area contributed by atoms with Crippen LogP contribution in [0.25, 0.3) is 0 Å². The Morgan fingerprint density at radius 3 is 2.30 bits per heavy atom. The molecule has 2 rings (SSSR count). The lowest BCUT2D eigenvalue weighted by Crippen LogP contribution is -2.47. The van der Waals surface area contributed by atoms with Crippen LogP contribution in [0.2, 0.25) is 0 Å². The maximum absolute atomic E-state index is 13.6. The van der Waals surface area contributed by atoms with E-state index in [9.17, 15) is 27.6 Å². The lowest BCUT2D eigenvalue weighted by molar-refractivity contribution is -0.142. The van der Waals surface area contributed by atoms with E-state index < -0.39 is 53.9 Å². The van der Waals surface area contributed by atoms with Crippen LogP contribution in [0.1, 0.15) is 46.7 Å². The number of amides is 2. The zero-order chi connectivity index (χ0) is 22.6. The number of likely N-dealkylation sites (tertiary alicyclic amines) is 1. The Morgan fingerprint density at radius 1 is 1.20 bits per heavy atom. The fraction of sp³-hybridized carbons (Fsp3) is 0.444. The minimum absolute atomic E-state index is 0.00526. The highest BCUT2D eigenvalue weighted by Gasteiger charge is 2.37. The summed E-state index contributed by atoms with van der Waals surface area (Å²) in [7, 11) is 0. The summed E-state index contributed by atoms with van der Waals surface area (Å²) in [5.74, 6) is -3.81. The molecule has 1 heterocycles. The molecule has 1 aliphatic heterocycles. The molecule has 0 aliphatic carbocycles. The smallest absolute Gasteiger partial charge is 0.416 e. The Kier molecular flexibility index (Phi) is 7.03. The van der Waals surface area contributed by atoms with Crippen molar-refractivity contribution < 1.29 is 32.7 Å². The molecule has 1 aliphatic rings. The van der Waals surface area contributed by atoms with Crippen LogP contribution in [0.4, 0.5) is 13.2 Å². The van der Waals surface area contributed by atoms with Crippen molar-refractivity contribution >= 4 is 23.7 Å². The van der Waals surface area contributed by atoms with E-state index >= 15 is 0 Å². The van der Waals surface area contributed by atoms with Gasteiger partial charge >= 0.3 is 12.1 Å². The number of hydrogen-bond acceptors (Lipinski definition) is 4. The number of nitrogens with two attached hydrogens (primary N) is 3. The quantitative estimate of drug-likeness (QED) is 0.393. The summed E-state index contributed by atoms with van der Waals surface area (Å²) < 4.78 is 40.8. The van der Waals surface area contributed by atoms with Crippen LogP contribution < -0.4 is 17.2 Å². The summed E-state index contributed by atoms with van der Waals surface area (Å²) in [5.41, 5.74) is 14.5. The van der Waals surface area contributed by atoms with Crippen molar-refractivity contribution in [3.63, 3.8) is 0 Å². The first-order valence-corrected chi connectivity index (χ1v) is 9.01. The highest BCUT2D eigenvalue weighted by molar-refractivity contribution is 6.02. The lowest BCUT2D eigenvalue weighted by atomic mass is 9.85. The molecule has 30 heavy (non-hydrogen) atoms. The van der Waals surface area contributed by atoms with E-state index in [2.05, 4.69) is 4.99 Å². The second-order valence-corrected chi connectivity index (χ2v) is 6.95. The molecule has 2 amide bonds. The highest BCUT2D eigenvalue weighted by atomic mass is 19.4. The molecular formula is C18H22F3N5O4. The SMILES string of the molecule is NC(N)=NC(=O)c1ccc(C2CCN(C(=O)C(N)CC(=O)O)CC2)c(C(F)(F)F)c1. The molecule has 9 nitrogen and oxygen atoms in total. The number of carbonyl (C=O) groups excluding carboxylic acids is 2. The van der Waals surface area contributed by atoms with Gasteiger partial charge in [0.2, 0.25) is 5.91 Å². The third-order valence-corrected chi connectivity index (χ3v) is 4.79. The van der Waals surface area contributed by atoms with Crippen molar-refractivity contribution in [1.29, 1.82) is 0 Å². The van der Waals surface area contributed by atoms with Crippen molar-refractivity contribution in [3.8, 4) is 0 Å². The number of alkyl halides is 3. The summed E-state index contributed by atoms with van der Waals surface area (Å²) in [5, 5.41) is 8.74. The molecule has 0 spiro atoms. The zero-order valence-electron chi connectivity index (χ0n) is 15.9. The monoisotopic (exact) mass is 429 g/mol. The lowest BCUT2D eigenvalue weighted by Gasteiger charge is -2.34. The number of halogens is 3. The van der Waals surface area contributed by atoms with E-state index in [0.717, 1.165) is 0 Å². The van der Waals surface area contributed by atoms with Gasteiger partial charge in [0.25, 0.3) is 5.91 Å². The van der Waals surface area contributed by atoms with Gasteiger partial charge in [-0.2, -0.15) is 18.2 Å². The van der Waals surface area contributed by atoms with Crippen LogP contribution in [0.5, 0.6) is 0 Å². The third kappa shape index (κ3) is 5.69. The number of aliphatic carboxylic acids is 1. The average molecular weight is 429 g/mol. The number of carbonyl (C=O) groups is 3. The van der Waals surface area contributed by atoms with Crippen molar-refractivity contribution in [3.05, 3.63) is 34.9 Å². The molecule has 0 aromatic heterocycles. The van der Waals surface area contributed by atoms with Crippen LogP contribution in [0.3, 0.4) is 0 Å². The summed E-state index contributed by atoms with van der Waals surface area (Å²) in [6, 6.07) is 1.95. The van der Waals surface area contributed by atoms with Crippen LogP contribution in [0.15, 0.2) is 23.2 Å². The number of piperidine rings is 1. The molecule has 164 valence electrons. The van der Waals surface area contributed by atoms with Gasteiger partial charge in [-0.15, -0.1) is 0 Å². The first-order valence-electron chi connectivity index (χ1n) is 9.01. The number of rotatable bonds is 5. The first-order chi connectivity index (χ1) is 13.9. The molecule has 12 heteroatoms. The molecule has 0 bridgehead atoms. The topological polar surface area (TPSA) is 165 Å². The van der Waals surface area contributed by atoms with E-state index in [0.29, 0.717) is 6.07 Å². The Labute approximate surface area is 169 Å². The van der Waals surface area contributed by atoms with Crippen molar-refractivity contribution in [2.45, 2.75) is 37.4 Å².